The number of rotatable bonds is 4. The topological polar surface area (TPSA) is 64.9 Å². The molecule has 1 aliphatic rings. The predicted molar refractivity (Wildman–Crippen MR) is 72.8 cm³/mol. The Morgan fingerprint density at radius 2 is 2.17 bits per heavy atom. The first-order valence-corrected chi connectivity index (χ1v) is 6.45. The molecule has 0 aromatic carbocycles. The smallest absolute Gasteiger partial charge is 0.225 e. The van der Waals surface area contributed by atoms with Crippen molar-refractivity contribution in [3.8, 4) is 0 Å². The van der Waals surface area contributed by atoms with E-state index in [1.807, 2.05) is 27.7 Å². The van der Waals surface area contributed by atoms with Crippen molar-refractivity contribution in [1.82, 2.24) is 10.4 Å². The SMILES string of the molecule is CC1(C)C[C@H](C(=O)NCCN=C=S)C(C)(C)N1O. The molecule has 0 unspecified atom stereocenters. The lowest BCUT2D eigenvalue weighted by molar-refractivity contribution is -0.197. The molecule has 0 spiro atoms. The lowest BCUT2D eigenvalue weighted by Crippen LogP contribution is -2.50. The maximum Gasteiger partial charge on any atom is 0.225 e. The number of amides is 1. The maximum absolute atomic E-state index is 12.1. The second-order valence-corrected chi connectivity index (χ2v) is 5.98. The molecule has 6 heteroatoms. The van der Waals surface area contributed by atoms with Gasteiger partial charge < -0.3 is 10.5 Å². The van der Waals surface area contributed by atoms with Crippen LogP contribution in [-0.4, -0.2) is 45.5 Å². The standard InChI is InChI=1S/C12H21N3O2S/c1-11(2)7-9(12(3,4)15(11)17)10(16)14-6-5-13-8-18/h9,17H,5-7H2,1-4H3,(H,14,16)/t9-/m1/s1. The largest absolute Gasteiger partial charge is 0.354 e. The van der Waals surface area contributed by atoms with Crippen LogP contribution in [0.2, 0.25) is 0 Å². The number of hydrogen-bond acceptors (Lipinski definition) is 5. The Kier molecular flexibility index (Phi) is 4.61. The van der Waals surface area contributed by atoms with Gasteiger partial charge in [-0.05, 0) is 46.3 Å². The van der Waals surface area contributed by atoms with Gasteiger partial charge in [0.1, 0.15) is 0 Å². The molecule has 0 aromatic heterocycles. The van der Waals surface area contributed by atoms with Gasteiger partial charge in [-0.15, -0.1) is 0 Å². The van der Waals surface area contributed by atoms with Crippen LogP contribution in [0.25, 0.3) is 0 Å². The van der Waals surface area contributed by atoms with Crippen molar-refractivity contribution in [3.63, 3.8) is 0 Å². The number of nitrogens with zero attached hydrogens (tertiary/aromatic N) is 2. The summed E-state index contributed by atoms with van der Waals surface area (Å²) in [6, 6.07) is 0. The van der Waals surface area contributed by atoms with Gasteiger partial charge in [0.2, 0.25) is 5.91 Å². The van der Waals surface area contributed by atoms with Crippen LogP contribution in [0.3, 0.4) is 0 Å². The van der Waals surface area contributed by atoms with E-state index in [0.29, 0.717) is 19.5 Å². The number of hydroxylamine groups is 2. The zero-order chi connectivity index (χ0) is 14.0. The molecule has 5 nitrogen and oxygen atoms in total. The monoisotopic (exact) mass is 271 g/mol. The Balaban J connectivity index is 2.66. The molecule has 18 heavy (non-hydrogen) atoms. The van der Waals surface area contributed by atoms with Crippen molar-refractivity contribution in [2.45, 2.75) is 45.2 Å². The summed E-state index contributed by atoms with van der Waals surface area (Å²) in [5.74, 6) is -0.293. The van der Waals surface area contributed by atoms with E-state index in [2.05, 4.69) is 27.7 Å². The second-order valence-electron chi connectivity index (χ2n) is 5.80. The number of nitrogens with one attached hydrogen (secondary N) is 1. The minimum Gasteiger partial charge on any atom is -0.354 e. The maximum atomic E-state index is 12.1. The van der Waals surface area contributed by atoms with Crippen LogP contribution in [0.15, 0.2) is 4.99 Å². The van der Waals surface area contributed by atoms with Crippen molar-refractivity contribution in [3.05, 3.63) is 0 Å². The summed E-state index contributed by atoms with van der Waals surface area (Å²) in [5, 5.41) is 16.5. The van der Waals surface area contributed by atoms with Gasteiger partial charge in [0.05, 0.1) is 23.2 Å². The molecule has 1 heterocycles. The van der Waals surface area contributed by atoms with Crippen molar-refractivity contribution < 1.29 is 10.0 Å². The molecule has 0 saturated carbocycles. The zero-order valence-electron chi connectivity index (χ0n) is 11.4. The minimum atomic E-state index is -0.568. The number of hydrogen-bond donors (Lipinski definition) is 2. The van der Waals surface area contributed by atoms with Crippen LogP contribution in [0.5, 0.6) is 0 Å². The first-order valence-electron chi connectivity index (χ1n) is 6.04. The van der Waals surface area contributed by atoms with E-state index < -0.39 is 11.1 Å². The molecule has 1 rings (SSSR count). The highest BCUT2D eigenvalue weighted by molar-refractivity contribution is 7.78. The lowest BCUT2D eigenvalue weighted by atomic mass is 9.86. The summed E-state index contributed by atoms with van der Waals surface area (Å²) in [4.78, 5) is 15.9. The number of carbonyl (C=O) groups is 1. The van der Waals surface area contributed by atoms with Gasteiger partial charge in [0, 0.05) is 12.1 Å². The Bertz CT molecular complexity index is 376. The zero-order valence-corrected chi connectivity index (χ0v) is 12.2. The molecule has 1 aliphatic heterocycles. The summed E-state index contributed by atoms with van der Waals surface area (Å²) in [5.41, 5.74) is -0.959. The number of isothiocyanates is 1. The van der Waals surface area contributed by atoms with Crippen LogP contribution < -0.4 is 5.32 Å². The summed E-state index contributed by atoms with van der Waals surface area (Å²) in [6.07, 6.45) is 0.624. The Hall–Kier alpha value is -0.810. The quantitative estimate of drug-likeness (QED) is 0.462. The van der Waals surface area contributed by atoms with E-state index in [9.17, 15) is 10.0 Å². The third kappa shape index (κ3) is 2.95. The van der Waals surface area contributed by atoms with Crippen LogP contribution >= 0.6 is 12.2 Å². The van der Waals surface area contributed by atoms with Gasteiger partial charge in [-0.25, -0.2) is 4.99 Å². The van der Waals surface area contributed by atoms with Gasteiger partial charge in [-0.3, -0.25) is 4.79 Å². The molecule has 2 N–H and O–H groups in total. The molecule has 1 atom stereocenters. The van der Waals surface area contributed by atoms with Gasteiger partial charge in [-0.2, -0.15) is 5.06 Å². The number of aliphatic imine (C=N–C) groups is 1. The Labute approximate surface area is 113 Å². The highest BCUT2D eigenvalue weighted by Crippen LogP contribution is 2.43. The second kappa shape index (κ2) is 5.45. The molecule has 1 saturated heterocycles. The molecule has 0 aromatic rings. The molecule has 0 aliphatic carbocycles. The Morgan fingerprint density at radius 1 is 1.56 bits per heavy atom. The highest BCUT2D eigenvalue weighted by atomic mass is 32.1. The Morgan fingerprint density at radius 3 is 2.61 bits per heavy atom. The molecule has 1 amide bonds. The van der Waals surface area contributed by atoms with Gasteiger partial charge in [-0.1, -0.05) is 0 Å². The first-order chi connectivity index (χ1) is 8.23. The molecule has 0 bridgehead atoms. The molecular formula is C12H21N3O2S. The average molecular weight is 271 g/mol. The van der Waals surface area contributed by atoms with Crippen LogP contribution in [0.1, 0.15) is 34.1 Å². The van der Waals surface area contributed by atoms with Crippen LogP contribution in [-0.2, 0) is 4.79 Å². The first kappa shape index (κ1) is 15.2. The van der Waals surface area contributed by atoms with Crippen molar-refractivity contribution in [2.75, 3.05) is 13.1 Å². The van der Waals surface area contributed by atoms with Gasteiger partial charge in [0.15, 0.2) is 0 Å². The van der Waals surface area contributed by atoms with Gasteiger partial charge in [0.25, 0.3) is 0 Å². The molecule has 1 fully saturated rings. The summed E-state index contributed by atoms with van der Waals surface area (Å²) in [7, 11) is 0. The summed E-state index contributed by atoms with van der Waals surface area (Å²) >= 11 is 4.45. The minimum absolute atomic E-state index is 0.0517. The van der Waals surface area contributed by atoms with Gasteiger partial charge >= 0.3 is 0 Å². The van der Waals surface area contributed by atoms with Crippen LogP contribution in [0.4, 0.5) is 0 Å². The number of carbonyl (C=O) groups excluding carboxylic acids is 1. The van der Waals surface area contributed by atoms with E-state index in [0.717, 1.165) is 0 Å². The number of thiocarbonyl (C=S) groups is 1. The molecule has 102 valence electrons. The van der Waals surface area contributed by atoms with E-state index >= 15 is 0 Å². The molecular weight excluding hydrogens is 250 g/mol. The lowest BCUT2D eigenvalue weighted by Gasteiger charge is -2.35. The van der Waals surface area contributed by atoms with Crippen LogP contribution in [0, 0.1) is 5.92 Å². The summed E-state index contributed by atoms with van der Waals surface area (Å²) < 4.78 is 0. The van der Waals surface area contributed by atoms with E-state index in [-0.39, 0.29) is 11.8 Å². The van der Waals surface area contributed by atoms with Crippen molar-refractivity contribution >= 4 is 23.3 Å². The molecule has 0 radical (unpaired) electrons. The summed E-state index contributed by atoms with van der Waals surface area (Å²) in [6.45, 7) is 8.49. The third-order valence-electron chi connectivity index (χ3n) is 3.58. The third-order valence-corrected chi connectivity index (χ3v) is 3.71. The average Bonchev–Trinajstić information content (AvgIpc) is 2.45. The van der Waals surface area contributed by atoms with E-state index in [4.69, 9.17) is 0 Å². The van der Waals surface area contributed by atoms with Crippen molar-refractivity contribution in [2.24, 2.45) is 10.9 Å². The fraction of sp³-hybridized carbons (Fsp3) is 0.833. The fourth-order valence-electron chi connectivity index (χ4n) is 2.58. The highest BCUT2D eigenvalue weighted by Gasteiger charge is 2.53. The van der Waals surface area contributed by atoms with E-state index in [1.165, 1.54) is 5.06 Å². The fourth-order valence-corrected chi connectivity index (χ4v) is 2.67. The van der Waals surface area contributed by atoms with E-state index in [1.54, 1.807) is 0 Å². The predicted octanol–water partition coefficient (Wildman–Crippen LogP) is 1.47. The van der Waals surface area contributed by atoms with Crippen molar-refractivity contribution in [1.29, 1.82) is 0 Å². The normalized spacial score (nSPS) is 25.5.